The number of nitrogens with zero attached hydrogens (tertiary/aromatic N) is 1. The summed E-state index contributed by atoms with van der Waals surface area (Å²) >= 11 is 4.30. The zero-order valence-electron chi connectivity index (χ0n) is 11.5. The molecule has 0 spiro atoms. The standard InChI is InChI=1S/C14H13BrN2O3S/c1-8-12(11(18)7-15)21-14(16-8)17-13(19)9-4-3-5-10(6-9)20-2/h3-6H,7H2,1-2H3,(H,16,17,19). The summed E-state index contributed by atoms with van der Waals surface area (Å²) in [6.07, 6.45) is 0. The molecule has 0 bridgehead atoms. The number of hydrogen-bond acceptors (Lipinski definition) is 5. The quantitative estimate of drug-likeness (QED) is 0.649. The van der Waals surface area contributed by atoms with Gasteiger partial charge in [-0.1, -0.05) is 33.3 Å². The molecule has 0 unspecified atom stereocenters. The molecule has 1 heterocycles. The van der Waals surface area contributed by atoms with E-state index in [4.69, 9.17) is 4.74 Å². The van der Waals surface area contributed by atoms with Gasteiger partial charge in [-0.25, -0.2) is 4.98 Å². The van der Waals surface area contributed by atoms with E-state index in [1.807, 2.05) is 0 Å². The zero-order valence-corrected chi connectivity index (χ0v) is 13.9. The topological polar surface area (TPSA) is 68.3 Å². The van der Waals surface area contributed by atoms with Gasteiger partial charge in [0.2, 0.25) is 0 Å². The molecule has 0 saturated heterocycles. The number of alkyl halides is 1. The summed E-state index contributed by atoms with van der Waals surface area (Å²) < 4.78 is 5.08. The largest absolute Gasteiger partial charge is 0.497 e. The lowest BCUT2D eigenvalue weighted by Gasteiger charge is -2.04. The number of ketones is 1. The molecular weight excluding hydrogens is 356 g/mol. The molecule has 0 fully saturated rings. The number of carbonyl (C=O) groups is 2. The highest BCUT2D eigenvalue weighted by Crippen LogP contribution is 2.24. The molecule has 5 nitrogen and oxygen atoms in total. The number of amides is 1. The minimum absolute atomic E-state index is 0.0492. The number of rotatable bonds is 5. The number of thiazole rings is 1. The van der Waals surface area contributed by atoms with Crippen LogP contribution in [0.15, 0.2) is 24.3 Å². The van der Waals surface area contributed by atoms with Crippen LogP contribution in [0.3, 0.4) is 0 Å². The number of aryl methyl sites for hydroxylation is 1. The van der Waals surface area contributed by atoms with Crippen LogP contribution < -0.4 is 10.1 Å². The van der Waals surface area contributed by atoms with Crippen molar-refractivity contribution in [1.29, 1.82) is 0 Å². The van der Waals surface area contributed by atoms with E-state index in [1.54, 1.807) is 38.3 Å². The van der Waals surface area contributed by atoms with E-state index in [2.05, 4.69) is 26.2 Å². The van der Waals surface area contributed by atoms with Crippen LogP contribution in [0.1, 0.15) is 25.7 Å². The molecule has 1 aromatic carbocycles. The van der Waals surface area contributed by atoms with Gasteiger partial charge in [0.1, 0.15) is 5.75 Å². The average molecular weight is 369 g/mol. The van der Waals surface area contributed by atoms with Crippen LogP contribution in [-0.4, -0.2) is 29.1 Å². The van der Waals surface area contributed by atoms with Gasteiger partial charge in [0, 0.05) is 5.56 Å². The summed E-state index contributed by atoms with van der Waals surface area (Å²) in [5.74, 6) is 0.264. The fraction of sp³-hybridized carbons (Fsp3) is 0.214. The molecule has 0 atom stereocenters. The maximum atomic E-state index is 12.1. The lowest BCUT2D eigenvalue weighted by Crippen LogP contribution is -2.11. The van der Waals surface area contributed by atoms with Gasteiger partial charge < -0.3 is 4.74 Å². The molecule has 0 aliphatic carbocycles. The molecule has 2 aromatic rings. The summed E-state index contributed by atoms with van der Waals surface area (Å²) in [7, 11) is 1.54. The average Bonchev–Trinajstić information content (AvgIpc) is 2.87. The van der Waals surface area contributed by atoms with E-state index in [-0.39, 0.29) is 17.0 Å². The van der Waals surface area contributed by atoms with Gasteiger partial charge in [-0.2, -0.15) is 0 Å². The monoisotopic (exact) mass is 368 g/mol. The number of ether oxygens (including phenoxy) is 1. The van der Waals surface area contributed by atoms with Gasteiger partial charge in [0.25, 0.3) is 5.91 Å². The van der Waals surface area contributed by atoms with Crippen molar-refractivity contribution in [2.45, 2.75) is 6.92 Å². The van der Waals surface area contributed by atoms with E-state index in [0.29, 0.717) is 27.0 Å². The number of hydrogen-bond donors (Lipinski definition) is 1. The summed E-state index contributed by atoms with van der Waals surface area (Å²) in [5.41, 5.74) is 1.08. The number of benzene rings is 1. The lowest BCUT2D eigenvalue weighted by atomic mass is 10.2. The molecule has 0 radical (unpaired) electrons. The van der Waals surface area contributed by atoms with Crippen molar-refractivity contribution in [3.8, 4) is 5.75 Å². The lowest BCUT2D eigenvalue weighted by molar-refractivity contribution is 0.101. The smallest absolute Gasteiger partial charge is 0.257 e. The second-order valence-corrected chi connectivity index (χ2v) is 5.74. The number of nitrogens with one attached hydrogen (secondary N) is 1. The van der Waals surface area contributed by atoms with Crippen LogP contribution in [0, 0.1) is 6.92 Å². The van der Waals surface area contributed by atoms with Crippen molar-refractivity contribution in [1.82, 2.24) is 4.98 Å². The van der Waals surface area contributed by atoms with Gasteiger partial charge in [-0.3, -0.25) is 14.9 Å². The molecule has 1 N–H and O–H groups in total. The third kappa shape index (κ3) is 3.68. The number of Topliss-reactive ketones (excluding diaryl/α,β-unsaturated/α-hetero) is 1. The molecule has 7 heteroatoms. The Balaban J connectivity index is 2.17. The maximum Gasteiger partial charge on any atom is 0.257 e. The van der Waals surface area contributed by atoms with Gasteiger partial charge in [-0.15, -0.1) is 0 Å². The van der Waals surface area contributed by atoms with Gasteiger partial charge in [-0.05, 0) is 25.1 Å². The number of carbonyl (C=O) groups excluding carboxylic acids is 2. The fourth-order valence-electron chi connectivity index (χ4n) is 1.70. The Morgan fingerprint density at radius 2 is 2.19 bits per heavy atom. The first-order valence-corrected chi connectivity index (χ1v) is 8.01. The Morgan fingerprint density at radius 3 is 2.86 bits per heavy atom. The molecule has 0 aliphatic rings. The number of anilines is 1. The van der Waals surface area contributed by atoms with Crippen LogP contribution in [0.2, 0.25) is 0 Å². The van der Waals surface area contributed by atoms with E-state index >= 15 is 0 Å². The van der Waals surface area contributed by atoms with Crippen LogP contribution in [0.5, 0.6) is 5.75 Å². The number of methoxy groups -OCH3 is 1. The minimum Gasteiger partial charge on any atom is -0.497 e. The highest BCUT2D eigenvalue weighted by molar-refractivity contribution is 9.09. The SMILES string of the molecule is COc1cccc(C(=O)Nc2nc(C)c(C(=O)CBr)s2)c1. The summed E-state index contributed by atoms with van der Waals surface area (Å²) in [4.78, 5) is 28.6. The molecule has 1 amide bonds. The molecule has 1 aromatic heterocycles. The van der Waals surface area contributed by atoms with E-state index < -0.39 is 0 Å². The Hall–Kier alpha value is -1.73. The number of aromatic nitrogens is 1. The van der Waals surface area contributed by atoms with Crippen molar-refractivity contribution in [3.63, 3.8) is 0 Å². The van der Waals surface area contributed by atoms with Crippen molar-refractivity contribution in [2.24, 2.45) is 0 Å². The minimum atomic E-state index is -0.291. The van der Waals surface area contributed by atoms with Crippen LogP contribution >= 0.6 is 27.3 Å². The number of halogens is 1. The Labute approximate surface area is 134 Å². The molecular formula is C14H13BrN2O3S. The maximum absolute atomic E-state index is 12.1. The summed E-state index contributed by atoms with van der Waals surface area (Å²) in [5, 5.41) is 3.34. The third-order valence-electron chi connectivity index (χ3n) is 2.72. The summed E-state index contributed by atoms with van der Waals surface area (Å²) in [6, 6.07) is 6.82. The first kappa shape index (κ1) is 15.7. The predicted molar refractivity (Wildman–Crippen MR) is 85.9 cm³/mol. The molecule has 2 rings (SSSR count). The molecule has 0 aliphatic heterocycles. The molecule has 0 saturated carbocycles. The van der Waals surface area contributed by atoms with Crippen molar-refractivity contribution in [2.75, 3.05) is 17.8 Å². The van der Waals surface area contributed by atoms with Crippen molar-refractivity contribution >= 4 is 44.1 Å². The van der Waals surface area contributed by atoms with E-state index in [1.165, 1.54) is 11.3 Å². The van der Waals surface area contributed by atoms with Crippen LogP contribution in [-0.2, 0) is 0 Å². The highest BCUT2D eigenvalue weighted by atomic mass is 79.9. The van der Waals surface area contributed by atoms with E-state index in [9.17, 15) is 9.59 Å². The predicted octanol–water partition coefficient (Wildman–Crippen LogP) is 3.29. The normalized spacial score (nSPS) is 10.2. The van der Waals surface area contributed by atoms with Crippen LogP contribution in [0.25, 0.3) is 0 Å². The Morgan fingerprint density at radius 1 is 1.43 bits per heavy atom. The molecule has 21 heavy (non-hydrogen) atoms. The van der Waals surface area contributed by atoms with Crippen molar-refractivity contribution in [3.05, 3.63) is 40.4 Å². The van der Waals surface area contributed by atoms with Gasteiger partial charge in [0.15, 0.2) is 10.9 Å². The first-order valence-electron chi connectivity index (χ1n) is 6.07. The van der Waals surface area contributed by atoms with Gasteiger partial charge >= 0.3 is 0 Å². The first-order chi connectivity index (χ1) is 10.0. The Kier molecular flexibility index (Phi) is 5.08. The Bertz CT molecular complexity index is 685. The third-order valence-corrected chi connectivity index (χ3v) is 4.35. The van der Waals surface area contributed by atoms with E-state index in [0.717, 1.165) is 0 Å². The second-order valence-electron chi connectivity index (χ2n) is 4.18. The fourth-order valence-corrected chi connectivity index (χ4v) is 3.07. The van der Waals surface area contributed by atoms with Crippen LogP contribution in [0.4, 0.5) is 5.13 Å². The zero-order chi connectivity index (χ0) is 15.4. The molecule has 110 valence electrons. The van der Waals surface area contributed by atoms with Gasteiger partial charge in [0.05, 0.1) is 23.0 Å². The van der Waals surface area contributed by atoms with Crippen molar-refractivity contribution < 1.29 is 14.3 Å². The highest BCUT2D eigenvalue weighted by Gasteiger charge is 2.16. The second kappa shape index (κ2) is 6.82. The summed E-state index contributed by atoms with van der Waals surface area (Å²) in [6.45, 7) is 1.74.